The summed E-state index contributed by atoms with van der Waals surface area (Å²) in [7, 11) is 0. The molecular formula is C14H11N3. The Morgan fingerprint density at radius 2 is 1.82 bits per heavy atom. The molecule has 82 valence electrons. The average Bonchev–Trinajstić information content (AvgIpc) is 2.62. The van der Waals surface area contributed by atoms with Gasteiger partial charge in [-0.2, -0.15) is 0 Å². The van der Waals surface area contributed by atoms with Gasteiger partial charge in [0.1, 0.15) is 0 Å². The molecule has 17 heavy (non-hydrogen) atoms. The number of pyridine rings is 1. The zero-order chi connectivity index (χ0) is 11.5. The van der Waals surface area contributed by atoms with Gasteiger partial charge in [-0.05, 0) is 18.2 Å². The van der Waals surface area contributed by atoms with Crippen molar-refractivity contribution in [2.45, 2.75) is 0 Å². The SMILES string of the molecule is C1=CNc2ccccc2C(c2ccccn2)=N1. The number of aromatic nitrogens is 1. The maximum Gasteiger partial charge on any atom is 0.0979 e. The number of hydrogen-bond acceptors (Lipinski definition) is 3. The molecular weight excluding hydrogens is 210 g/mol. The van der Waals surface area contributed by atoms with Gasteiger partial charge in [0.2, 0.25) is 0 Å². The van der Waals surface area contributed by atoms with Crippen LogP contribution in [0, 0.1) is 0 Å². The number of hydrogen-bond donors (Lipinski definition) is 1. The standard InChI is InChI=1S/C14H11N3/c1-2-6-12-11(5-1)14(17-10-9-16-12)13-7-3-4-8-15-13/h1-10,16H. The Morgan fingerprint density at radius 3 is 2.71 bits per heavy atom. The maximum atomic E-state index is 4.45. The van der Waals surface area contributed by atoms with Crippen LogP contribution in [-0.4, -0.2) is 10.7 Å². The molecule has 0 atom stereocenters. The second kappa shape index (κ2) is 4.22. The second-order valence-corrected chi connectivity index (χ2v) is 3.70. The lowest BCUT2D eigenvalue weighted by atomic mass is 10.0. The summed E-state index contributed by atoms with van der Waals surface area (Å²) in [6.45, 7) is 0. The van der Waals surface area contributed by atoms with Crippen LogP contribution in [0.5, 0.6) is 0 Å². The van der Waals surface area contributed by atoms with Crippen molar-refractivity contribution >= 4 is 11.4 Å². The van der Waals surface area contributed by atoms with Gasteiger partial charge in [-0.25, -0.2) is 0 Å². The van der Waals surface area contributed by atoms with Crippen molar-refractivity contribution in [1.82, 2.24) is 4.98 Å². The molecule has 3 heteroatoms. The van der Waals surface area contributed by atoms with Crippen molar-refractivity contribution < 1.29 is 0 Å². The minimum atomic E-state index is 0.883. The van der Waals surface area contributed by atoms with Crippen molar-refractivity contribution in [2.24, 2.45) is 4.99 Å². The van der Waals surface area contributed by atoms with Gasteiger partial charge in [0, 0.05) is 29.8 Å². The highest BCUT2D eigenvalue weighted by molar-refractivity contribution is 6.15. The molecule has 0 bridgehead atoms. The van der Waals surface area contributed by atoms with Gasteiger partial charge in [-0.3, -0.25) is 9.98 Å². The zero-order valence-electron chi connectivity index (χ0n) is 9.17. The van der Waals surface area contributed by atoms with Crippen LogP contribution in [0.25, 0.3) is 0 Å². The molecule has 3 nitrogen and oxygen atoms in total. The third-order valence-corrected chi connectivity index (χ3v) is 2.61. The Kier molecular flexibility index (Phi) is 2.43. The minimum Gasteiger partial charge on any atom is -0.360 e. The van der Waals surface area contributed by atoms with E-state index < -0.39 is 0 Å². The van der Waals surface area contributed by atoms with Crippen LogP contribution in [0.2, 0.25) is 0 Å². The fraction of sp³-hybridized carbons (Fsp3) is 0. The average molecular weight is 221 g/mol. The van der Waals surface area contributed by atoms with Gasteiger partial charge in [0.05, 0.1) is 11.4 Å². The van der Waals surface area contributed by atoms with Crippen molar-refractivity contribution in [1.29, 1.82) is 0 Å². The van der Waals surface area contributed by atoms with Gasteiger partial charge in [-0.1, -0.05) is 24.3 Å². The van der Waals surface area contributed by atoms with Crippen molar-refractivity contribution in [3.8, 4) is 0 Å². The van der Waals surface area contributed by atoms with Gasteiger partial charge in [-0.15, -0.1) is 0 Å². The fourth-order valence-electron chi connectivity index (χ4n) is 1.83. The Balaban J connectivity index is 2.18. The van der Waals surface area contributed by atoms with Crippen LogP contribution in [0.4, 0.5) is 5.69 Å². The molecule has 1 aliphatic heterocycles. The fourth-order valence-corrected chi connectivity index (χ4v) is 1.83. The molecule has 0 saturated heterocycles. The number of aliphatic imine (C=N–C) groups is 1. The highest BCUT2D eigenvalue weighted by Gasteiger charge is 2.12. The molecule has 1 aliphatic rings. The molecule has 3 rings (SSSR count). The Labute approximate surface area is 99.6 Å². The summed E-state index contributed by atoms with van der Waals surface area (Å²) >= 11 is 0. The van der Waals surface area contributed by atoms with Crippen LogP contribution < -0.4 is 5.32 Å². The van der Waals surface area contributed by atoms with E-state index in [1.54, 1.807) is 12.4 Å². The van der Waals surface area contributed by atoms with Crippen LogP contribution in [0.1, 0.15) is 11.3 Å². The molecule has 0 saturated carbocycles. The molecule has 1 N–H and O–H groups in total. The number of rotatable bonds is 1. The molecule has 0 aliphatic carbocycles. The predicted molar refractivity (Wildman–Crippen MR) is 69.1 cm³/mol. The van der Waals surface area contributed by atoms with E-state index >= 15 is 0 Å². The first kappa shape index (κ1) is 9.78. The normalized spacial score (nSPS) is 13.3. The van der Waals surface area contributed by atoms with E-state index in [2.05, 4.69) is 15.3 Å². The monoisotopic (exact) mass is 221 g/mol. The Bertz CT molecular complexity index is 585. The van der Waals surface area contributed by atoms with Gasteiger partial charge < -0.3 is 5.32 Å². The second-order valence-electron chi connectivity index (χ2n) is 3.70. The molecule has 1 aromatic heterocycles. The summed E-state index contributed by atoms with van der Waals surface area (Å²) in [5.74, 6) is 0. The molecule has 2 heterocycles. The summed E-state index contributed by atoms with van der Waals surface area (Å²) in [6.07, 6.45) is 5.36. The third kappa shape index (κ3) is 1.83. The van der Waals surface area contributed by atoms with E-state index in [1.165, 1.54) is 0 Å². The summed E-state index contributed by atoms with van der Waals surface area (Å²) < 4.78 is 0. The lowest BCUT2D eigenvalue weighted by Crippen LogP contribution is -2.06. The summed E-state index contributed by atoms with van der Waals surface area (Å²) in [5.41, 5.74) is 3.89. The highest BCUT2D eigenvalue weighted by atomic mass is 14.9. The van der Waals surface area contributed by atoms with E-state index in [0.717, 1.165) is 22.7 Å². The molecule has 0 radical (unpaired) electrons. The first-order chi connectivity index (χ1) is 8.45. The number of nitrogens with zero attached hydrogens (tertiary/aromatic N) is 2. The number of nitrogens with one attached hydrogen (secondary N) is 1. The van der Waals surface area contributed by atoms with E-state index in [1.807, 2.05) is 48.7 Å². The highest BCUT2D eigenvalue weighted by Crippen LogP contribution is 2.21. The first-order valence-electron chi connectivity index (χ1n) is 5.45. The maximum absolute atomic E-state index is 4.45. The number of anilines is 1. The largest absolute Gasteiger partial charge is 0.360 e. The van der Waals surface area contributed by atoms with Crippen LogP contribution in [0.15, 0.2) is 66.1 Å². The van der Waals surface area contributed by atoms with E-state index in [-0.39, 0.29) is 0 Å². The third-order valence-electron chi connectivity index (χ3n) is 2.61. The van der Waals surface area contributed by atoms with Crippen LogP contribution >= 0.6 is 0 Å². The van der Waals surface area contributed by atoms with Crippen molar-refractivity contribution in [3.63, 3.8) is 0 Å². The molecule has 0 amide bonds. The molecule has 1 aromatic carbocycles. The predicted octanol–water partition coefficient (Wildman–Crippen LogP) is 2.82. The van der Waals surface area contributed by atoms with E-state index in [9.17, 15) is 0 Å². The minimum absolute atomic E-state index is 0.883. The Hall–Kier alpha value is -2.42. The number of para-hydroxylation sites is 1. The molecule has 2 aromatic rings. The number of fused-ring (bicyclic) bond motifs is 1. The topological polar surface area (TPSA) is 37.3 Å². The van der Waals surface area contributed by atoms with Crippen molar-refractivity contribution in [2.75, 3.05) is 5.32 Å². The Morgan fingerprint density at radius 1 is 0.941 bits per heavy atom. The zero-order valence-corrected chi connectivity index (χ0v) is 9.17. The number of benzene rings is 1. The lowest BCUT2D eigenvalue weighted by Gasteiger charge is -2.08. The lowest BCUT2D eigenvalue weighted by molar-refractivity contribution is 1.28. The molecule has 0 unspecified atom stereocenters. The summed E-state index contributed by atoms with van der Waals surface area (Å²) in [6, 6.07) is 13.9. The summed E-state index contributed by atoms with van der Waals surface area (Å²) in [5, 5.41) is 3.20. The van der Waals surface area contributed by atoms with Gasteiger partial charge in [0.25, 0.3) is 0 Å². The van der Waals surface area contributed by atoms with Gasteiger partial charge >= 0.3 is 0 Å². The first-order valence-corrected chi connectivity index (χ1v) is 5.45. The summed E-state index contributed by atoms with van der Waals surface area (Å²) in [4.78, 5) is 8.80. The van der Waals surface area contributed by atoms with Crippen LogP contribution in [0.3, 0.4) is 0 Å². The van der Waals surface area contributed by atoms with E-state index in [4.69, 9.17) is 0 Å². The molecule has 0 fully saturated rings. The van der Waals surface area contributed by atoms with Crippen LogP contribution in [-0.2, 0) is 0 Å². The molecule has 0 spiro atoms. The van der Waals surface area contributed by atoms with E-state index in [0.29, 0.717) is 0 Å². The van der Waals surface area contributed by atoms with Crippen molar-refractivity contribution in [3.05, 3.63) is 72.3 Å². The smallest absolute Gasteiger partial charge is 0.0979 e. The quantitative estimate of drug-likeness (QED) is 0.804. The van der Waals surface area contributed by atoms with Gasteiger partial charge in [0.15, 0.2) is 0 Å².